The van der Waals surface area contributed by atoms with Crippen LogP contribution >= 0.6 is 0 Å². The first kappa shape index (κ1) is 13.3. The summed E-state index contributed by atoms with van der Waals surface area (Å²) in [7, 11) is 2.20. The molecular weight excluding hydrogens is 244 g/mol. The first-order chi connectivity index (χ1) is 9.81. The number of fused-ring (bicyclic) bond motifs is 1. The average Bonchev–Trinajstić information content (AvgIpc) is 2.94. The number of hydrogen-bond donors (Lipinski definition) is 1. The molecule has 0 amide bonds. The molecule has 3 rings (SSSR count). The highest BCUT2D eigenvalue weighted by Gasteiger charge is 2.10. The number of rotatable bonds is 5. The minimum absolute atomic E-state index is 1.02. The van der Waals surface area contributed by atoms with Gasteiger partial charge >= 0.3 is 0 Å². The zero-order valence-electron chi connectivity index (χ0n) is 12.1. The van der Waals surface area contributed by atoms with Gasteiger partial charge < -0.3 is 10.2 Å². The van der Waals surface area contributed by atoms with Crippen molar-refractivity contribution < 1.29 is 0 Å². The molecule has 104 valence electrons. The standard InChI is InChI=1S/C18H22N2/c1-20(10-9-15-5-3-2-4-6-15)14-16-7-8-17-12-19-13-18(17)11-16/h2-8,11,19H,9-10,12-14H2,1H3. The molecule has 1 N–H and O–H groups in total. The van der Waals surface area contributed by atoms with Crippen molar-refractivity contribution in [3.05, 3.63) is 70.8 Å². The normalized spacial score (nSPS) is 13.7. The maximum atomic E-state index is 3.40. The Morgan fingerprint density at radius 1 is 0.950 bits per heavy atom. The second-order valence-corrected chi connectivity index (χ2v) is 5.68. The summed E-state index contributed by atoms with van der Waals surface area (Å²) in [4.78, 5) is 2.40. The smallest absolute Gasteiger partial charge is 0.0230 e. The van der Waals surface area contributed by atoms with Gasteiger partial charge in [0.2, 0.25) is 0 Å². The molecule has 0 saturated carbocycles. The second-order valence-electron chi connectivity index (χ2n) is 5.68. The van der Waals surface area contributed by atoms with Crippen molar-refractivity contribution in [1.29, 1.82) is 0 Å². The van der Waals surface area contributed by atoms with E-state index in [4.69, 9.17) is 0 Å². The average molecular weight is 266 g/mol. The largest absolute Gasteiger partial charge is 0.309 e. The predicted octanol–water partition coefficient (Wildman–Crippen LogP) is 2.96. The van der Waals surface area contributed by atoms with Gasteiger partial charge in [0.1, 0.15) is 0 Å². The zero-order valence-corrected chi connectivity index (χ0v) is 12.1. The third kappa shape index (κ3) is 3.27. The van der Waals surface area contributed by atoms with Crippen LogP contribution in [0.2, 0.25) is 0 Å². The molecule has 2 nitrogen and oxygen atoms in total. The number of hydrogen-bond acceptors (Lipinski definition) is 2. The summed E-state index contributed by atoms with van der Waals surface area (Å²) in [5, 5.41) is 3.40. The maximum Gasteiger partial charge on any atom is 0.0230 e. The van der Waals surface area contributed by atoms with Crippen LogP contribution in [-0.2, 0) is 26.1 Å². The van der Waals surface area contributed by atoms with Crippen LogP contribution in [0.5, 0.6) is 0 Å². The van der Waals surface area contributed by atoms with Gasteiger partial charge in [-0.25, -0.2) is 0 Å². The summed E-state index contributed by atoms with van der Waals surface area (Å²) in [5.74, 6) is 0. The zero-order chi connectivity index (χ0) is 13.8. The Balaban J connectivity index is 1.55. The summed E-state index contributed by atoms with van der Waals surface area (Å²) in [6.07, 6.45) is 1.11. The van der Waals surface area contributed by atoms with Gasteiger partial charge in [-0.2, -0.15) is 0 Å². The Morgan fingerprint density at radius 3 is 2.60 bits per heavy atom. The van der Waals surface area contributed by atoms with E-state index in [0.29, 0.717) is 0 Å². The lowest BCUT2D eigenvalue weighted by atomic mass is 10.1. The lowest BCUT2D eigenvalue weighted by Crippen LogP contribution is -2.20. The molecule has 2 heteroatoms. The first-order valence-electron chi connectivity index (χ1n) is 7.35. The topological polar surface area (TPSA) is 15.3 Å². The van der Waals surface area contributed by atoms with E-state index in [0.717, 1.165) is 32.6 Å². The molecule has 0 spiro atoms. The SMILES string of the molecule is CN(CCc1ccccc1)Cc1ccc2c(c1)CNC2. The van der Waals surface area contributed by atoms with Crippen molar-refractivity contribution in [2.24, 2.45) is 0 Å². The Hall–Kier alpha value is -1.64. The van der Waals surface area contributed by atoms with E-state index in [-0.39, 0.29) is 0 Å². The fourth-order valence-corrected chi connectivity index (χ4v) is 2.80. The van der Waals surface area contributed by atoms with E-state index < -0.39 is 0 Å². The molecule has 0 aromatic heterocycles. The summed E-state index contributed by atoms with van der Waals surface area (Å²) in [6, 6.07) is 17.6. The minimum atomic E-state index is 1.02. The van der Waals surface area contributed by atoms with Gasteiger partial charge in [0.15, 0.2) is 0 Å². The van der Waals surface area contributed by atoms with E-state index in [1.807, 2.05) is 0 Å². The minimum Gasteiger partial charge on any atom is -0.309 e. The third-order valence-corrected chi connectivity index (χ3v) is 3.98. The fourth-order valence-electron chi connectivity index (χ4n) is 2.80. The van der Waals surface area contributed by atoms with E-state index in [9.17, 15) is 0 Å². The van der Waals surface area contributed by atoms with Crippen LogP contribution in [0.25, 0.3) is 0 Å². The number of likely N-dealkylation sites (N-methyl/N-ethyl adjacent to an activating group) is 1. The van der Waals surface area contributed by atoms with Gasteiger partial charge in [-0.15, -0.1) is 0 Å². The van der Waals surface area contributed by atoms with Gasteiger partial charge in [0.25, 0.3) is 0 Å². The second kappa shape index (κ2) is 6.21. The molecule has 1 heterocycles. The molecule has 0 atom stereocenters. The van der Waals surface area contributed by atoms with Gasteiger partial charge in [-0.05, 0) is 35.7 Å². The first-order valence-corrected chi connectivity index (χ1v) is 7.35. The highest BCUT2D eigenvalue weighted by Crippen LogP contribution is 2.17. The highest BCUT2D eigenvalue weighted by atomic mass is 15.1. The Kier molecular flexibility index (Phi) is 4.14. The molecule has 0 saturated heterocycles. The summed E-state index contributed by atoms with van der Waals surface area (Å²) >= 11 is 0. The Labute approximate surface area is 121 Å². The van der Waals surface area contributed by atoms with Crippen LogP contribution < -0.4 is 5.32 Å². The molecule has 2 aromatic rings. The van der Waals surface area contributed by atoms with Crippen LogP contribution in [0, 0.1) is 0 Å². The van der Waals surface area contributed by atoms with Gasteiger partial charge in [-0.1, -0.05) is 48.5 Å². The van der Waals surface area contributed by atoms with Crippen molar-refractivity contribution in [2.75, 3.05) is 13.6 Å². The van der Waals surface area contributed by atoms with Crippen LogP contribution in [0.15, 0.2) is 48.5 Å². The van der Waals surface area contributed by atoms with Gasteiger partial charge in [-0.3, -0.25) is 0 Å². The van der Waals surface area contributed by atoms with E-state index >= 15 is 0 Å². The lowest BCUT2D eigenvalue weighted by molar-refractivity contribution is 0.331. The summed E-state index contributed by atoms with van der Waals surface area (Å²) in [6.45, 7) is 4.18. The molecule has 0 aliphatic carbocycles. The van der Waals surface area contributed by atoms with Crippen molar-refractivity contribution in [3.8, 4) is 0 Å². The van der Waals surface area contributed by atoms with Crippen LogP contribution in [0.4, 0.5) is 0 Å². The molecule has 0 unspecified atom stereocenters. The predicted molar refractivity (Wildman–Crippen MR) is 83.5 cm³/mol. The monoisotopic (exact) mass is 266 g/mol. The lowest BCUT2D eigenvalue weighted by Gasteiger charge is -2.17. The van der Waals surface area contributed by atoms with Crippen LogP contribution in [0.1, 0.15) is 22.3 Å². The van der Waals surface area contributed by atoms with Gasteiger partial charge in [0, 0.05) is 26.2 Å². The van der Waals surface area contributed by atoms with Crippen LogP contribution in [0.3, 0.4) is 0 Å². The molecule has 2 aromatic carbocycles. The number of nitrogens with one attached hydrogen (secondary N) is 1. The Bertz CT molecular complexity index is 563. The molecule has 1 aliphatic heterocycles. The molecule has 0 fully saturated rings. The third-order valence-electron chi connectivity index (χ3n) is 3.98. The summed E-state index contributed by atoms with van der Waals surface area (Å²) in [5.41, 5.74) is 5.76. The molecule has 0 bridgehead atoms. The number of benzene rings is 2. The summed E-state index contributed by atoms with van der Waals surface area (Å²) < 4.78 is 0. The van der Waals surface area contributed by atoms with Crippen molar-refractivity contribution in [3.63, 3.8) is 0 Å². The molecular formula is C18H22N2. The van der Waals surface area contributed by atoms with Crippen molar-refractivity contribution in [2.45, 2.75) is 26.1 Å². The number of nitrogens with zero attached hydrogens (tertiary/aromatic N) is 1. The quantitative estimate of drug-likeness (QED) is 0.895. The van der Waals surface area contributed by atoms with Crippen molar-refractivity contribution in [1.82, 2.24) is 10.2 Å². The molecule has 0 radical (unpaired) electrons. The van der Waals surface area contributed by atoms with Crippen LogP contribution in [-0.4, -0.2) is 18.5 Å². The Morgan fingerprint density at radius 2 is 1.75 bits per heavy atom. The maximum absolute atomic E-state index is 3.40. The fraction of sp³-hybridized carbons (Fsp3) is 0.333. The van der Waals surface area contributed by atoms with E-state index in [1.165, 1.54) is 22.3 Å². The van der Waals surface area contributed by atoms with E-state index in [1.54, 1.807) is 0 Å². The molecule has 1 aliphatic rings. The highest BCUT2D eigenvalue weighted by molar-refractivity contribution is 5.34. The van der Waals surface area contributed by atoms with Gasteiger partial charge in [0.05, 0.1) is 0 Å². The molecule has 20 heavy (non-hydrogen) atoms. The van der Waals surface area contributed by atoms with E-state index in [2.05, 4.69) is 65.8 Å². The van der Waals surface area contributed by atoms with Crippen molar-refractivity contribution >= 4 is 0 Å².